The number of nitrogens with zero attached hydrogens (tertiary/aromatic N) is 1. The van der Waals surface area contributed by atoms with Gasteiger partial charge >= 0.3 is 5.97 Å². The van der Waals surface area contributed by atoms with E-state index in [9.17, 15) is 4.79 Å². The van der Waals surface area contributed by atoms with Gasteiger partial charge in [0.1, 0.15) is 5.52 Å². The number of rotatable bonds is 4. The van der Waals surface area contributed by atoms with Gasteiger partial charge in [0.25, 0.3) is 0 Å². The van der Waals surface area contributed by atoms with Gasteiger partial charge in [0.05, 0.1) is 0 Å². The van der Waals surface area contributed by atoms with Crippen molar-refractivity contribution >= 4 is 17.1 Å². The molecular formula is C12H13NO3. The molecule has 0 aliphatic rings. The zero-order valence-electron chi connectivity index (χ0n) is 9.06. The van der Waals surface area contributed by atoms with E-state index in [0.29, 0.717) is 12.3 Å². The predicted octanol–water partition coefficient (Wildman–Crippen LogP) is 2.54. The molecule has 2 aromatic rings. The van der Waals surface area contributed by atoms with Gasteiger partial charge in [-0.1, -0.05) is 6.07 Å². The third-order valence-corrected chi connectivity index (χ3v) is 2.42. The monoisotopic (exact) mass is 219 g/mol. The molecule has 1 heterocycles. The summed E-state index contributed by atoms with van der Waals surface area (Å²) in [5, 5.41) is 8.54. The lowest BCUT2D eigenvalue weighted by atomic mass is 10.1. The van der Waals surface area contributed by atoms with E-state index in [1.165, 1.54) is 0 Å². The Morgan fingerprint density at radius 3 is 3.06 bits per heavy atom. The van der Waals surface area contributed by atoms with Gasteiger partial charge in [0.2, 0.25) is 0 Å². The number of hydrogen-bond donors (Lipinski definition) is 1. The number of aromatic nitrogens is 1. The van der Waals surface area contributed by atoms with Crippen LogP contribution in [0.25, 0.3) is 11.1 Å². The van der Waals surface area contributed by atoms with Crippen molar-refractivity contribution in [3.8, 4) is 0 Å². The van der Waals surface area contributed by atoms with Gasteiger partial charge in [-0.2, -0.15) is 0 Å². The summed E-state index contributed by atoms with van der Waals surface area (Å²) in [5.74, 6) is -0.101. The van der Waals surface area contributed by atoms with Crippen LogP contribution in [0.3, 0.4) is 0 Å². The van der Waals surface area contributed by atoms with E-state index in [4.69, 9.17) is 9.52 Å². The number of oxazole rings is 1. The van der Waals surface area contributed by atoms with E-state index < -0.39 is 5.97 Å². The Morgan fingerprint density at radius 2 is 2.31 bits per heavy atom. The highest BCUT2D eigenvalue weighted by Gasteiger charge is 2.04. The third-order valence-electron chi connectivity index (χ3n) is 2.42. The van der Waals surface area contributed by atoms with Gasteiger partial charge in [-0.15, -0.1) is 0 Å². The van der Waals surface area contributed by atoms with Crippen LogP contribution in [0.15, 0.2) is 22.6 Å². The molecule has 84 valence electrons. The third kappa shape index (κ3) is 2.39. The van der Waals surface area contributed by atoms with Gasteiger partial charge in [0, 0.05) is 13.3 Å². The molecule has 1 N–H and O–H groups in total. The molecule has 0 amide bonds. The van der Waals surface area contributed by atoms with E-state index >= 15 is 0 Å². The lowest BCUT2D eigenvalue weighted by Crippen LogP contribution is -1.95. The Hall–Kier alpha value is -1.84. The second kappa shape index (κ2) is 4.35. The van der Waals surface area contributed by atoms with Crippen LogP contribution in [-0.4, -0.2) is 16.1 Å². The second-order valence-electron chi connectivity index (χ2n) is 3.78. The molecule has 0 radical (unpaired) electrons. The molecule has 0 atom stereocenters. The van der Waals surface area contributed by atoms with Crippen molar-refractivity contribution in [2.45, 2.75) is 26.2 Å². The summed E-state index contributed by atoms with van der Waals surface area (Å²) in [6.07, 6.45) is 1.61. The summed E-state index contributed by atoms with van der Waals surface area (Å²) in [6, 6.07) is 5.79. The molecule has 0 saturated heterocycles. The van der Waals surface area contributed by atoms with Crippen LogP contribution in [0.5, 0.6) is 0 Å². The van der Waals surface area contributed by atoms with Gasteiger partial charge in [-0.05, 0) is 30.5 Å². The number of aliphatic carboxylic acids is 1. The minimum absolute atomic E-state index is 0.204. The Labute approximate surface area is 92.9 Å². The highest BCUT2D eigenvalue weighted by molar-refractivity contribution is 5.73. The number of carboxylic acids is 1. The second-order valence-corrected chi connectivity index (χ2v) is 3.78. The van der Waals surface area contributed by atoms with Crippen LogP contribution in [0.4, 0.5) is 0 Å². The van der Waals surface area contributed by atoms with Crippen molar-refractivity contribution in [2.24, 2.45) is 0 Å². The first-order chi connectivity index (χ1) is 7.65. The summed E-state index contributed by atoms with van der Waals surface area (Å²) in [4.78, 5) is 14.6. The molecule has 0 fully saturated rings. The lowest BCUT2D eigenvalue weighted by Gasteiger charge is -1.98. The molecular weight excluding hydrogens is 206 g/mol. The fourth-order valence-electron chi connectivity index (χ4n) is 1.69. The van der Waals surface area contributed by atoms with Crippen LogP contribution in [0.2, 0.25) is 0 Å². The average Bonchev–Trinajstić information content (AvgIpc) is 2.56. The average molecular weight is 219 g/mol. The maximum Gasteiger partial charge on any atom is 0.303 e. The van der Waals surface area contributed by atoms with Crippen molar-refractivity contribution in [3.05, 3.63) is 29.7 Å². The van der Waals surface area contributed by atoms with E-state index in [0.717, 1.165) is 23.1 Å². The van der Waals surface area contributed by atoms with Gasteiger partial charge in [-0.25, -0.2) is 4.98 Å². The molecule has 16 heavy (non-hydrogen) atoms. The van der Waals surface area contributed by atoms with Crippen LogP contribution >= 0.6 is 0 Å². The van der Waals surface area contributed by atoms with Crippen LogP contribution in [0, 0.1) is 6.92 Å². The summed E-state index contributed by atoms with van der Waals surface area (Å²) in [7, 11) is 0. The number of hydrogen-bond acceptors (Lipinski definition) is 3. The number of carboxylic acid groups (broad SMARTS) is 1. The zero-order valence-corrected chi connectivity index (χ0v) is 9.06. The predicted molar refractivity (Wildman–Crippen MR) is 59.3 cm³/mol. The van der Waals surface area contributed by atoms with E-state index in [-0.39, 0.29) is 6.42 Å². The minimum atomic E-state index is -0.752. The number of fused-ring (bicyclic) bond motifs is 1. The molecule has 4 heteroatoms. The van der Waals surface area contributed by atoms with Crippen molar-refractivity contribution < 1.29 is 14.3 Å². The largest absolute Gasteiger partial charge is 0.481 e. The molecule has 0 unspecified atom stereocenters. The summed E-state index contributed by atoms with van der Waals surface area (Å²) in [5.41, 5.74) is 2.71. The standard InChI is InChI=1S/C12H13NO3/c1-8-13-10-7-9(3-2-4-12(14)15)5-6-11(10)16-8/h5-7H,2-4H2,1H3,(H,14,15). The minimum Gasteiger partial charge on any atom is -0.481 e. The molecule has 1 aromatic heterocycles. The van der Waals surface area contributed by atoms with Crippen molar-refractivity contribution in [1.82, 2.24) is 4.98 Å². The first-order valence-electron chi connectivity index (χ1n) is 5.23. The van der Waals surface area contributed by atoms with Crippen molar-refractivity contribution in [3.63, 3.8) is 0 Å². The Kier molecular flexibility index (Phi) is 2.90. The van der Waals surface area contributed by atoms with E-state index in [2.05, 4.69) is 4.98 Å². The molecule has 0 aliphatic heterocycles. The maximum absolute atomic E-state index is 10.4. The summed E-state index contributed by atoms with van der Waals surface area (Å²) >= 11 is 0. The Morgan fingerprint density at radius 1 is 1.50 bits per heavy atom. The van der Waals surface area contributed by atoms with Crippen molar-refractivity contribution in [1.29, 1.82) is 0 Å². The molecule has 0 saturated carbocycles. The molecule has 1 aromatic carbocycles. The number of benzene rings is 1. The number of carbonyl (C=O) groups is 1. The Balaban J connectivity index is 2.10. The highest BCUT2D eigenvalue weighted by atomic mass is 16.4. The molecule has 4 nitrogen and oxygen atoms in total. The summed E-state index contributed by atoms with van der Waals surface area (Å²) < 4.78 is 5.36. The smallest absolute Gasteiger partial charge is 0.303 e. The van der Waals surface area contributed by atoms with E-state index in [1.54, 1.807) is 0 Å². The summed E-state index contributed by atoms with van der Waals surface area (Å²) in [6.45, 7) is 1.81. The SMILES string of the molecule is Cc1nc2cc(CCCC(=O)O)ccc2o1. The van der Waals surface area contributed by atoms with E-state index in [1.807, 2.05) is 25.1 Å². The maximum atomic E-state index is 10.4. The number of aryl methyl sites for hydroxylation is 2. The highest BCUT2D eigenvalue weighted by Crippen LogP contribution is 2.17. The normalized spacial score (nSPS) is 10.8. The van der Waals surface area contributed by atoms with Gasteiger partial charge in [-0.3, -0.25) is 4.79 Å². The van der Waals surface area contributed by atoms with Crippen LogP contribution < -0.4 is 0 Å². The van der Waals surface area contributed by atoms with Gasteiger partial charge < -0.3 is 9.52 Å². The molecule has 0 bridgehead atoms. The molecule has 2 rings (SSSR count). The quantitative estimate of drug-likeness (QED) is 0.858. The zero-order chi connectivity index (χ0) is 11.5. The molecule has 0 spiro atoms. The fraction of sp³-hybridized carbons (Fsp3) is 0.333. The fourth-order valence-corrected chi connectivity index (χ4v) is 1.69. The first kappa shape index (κ1) is 10.7. The molecule has 0 aliphatic carbocycles. The van der Waals surface area contributed by atoms with Crippen LogP contribution in [0.1, 0.15) is 24.3 Å². The Bertz CT molecular complexity index is 516. The first-order valence-corrected chi connectivity index (χ1v) is 5.23. The lowest BCUT2D eigenvalue weighted by molar-refractivity contribution is -0.137. The van der Waals surface area contributed by atoms with Gasteiger partial charge in [0.15, 0.2) is 11.5 Å². The topological polar surface area (TPSA) is 63.3 Å². The van der Waals surface area contributed by atoms with Crippen molar-refractivity contribution in [2.75, 3.05) is 0 Å². The van der Waals surface area contributed by atoms with Crippen LogP contribution in [-0.2, 0) is 11.2 Å².